The van der Waals surface area contributed by atoms with Gasteiger partial charge in [-0.3, -0.25) is 4.79 Å². The van der Waals surface area contributed by atoms with Crippen LogP contribution in [0.15, 0.2) is 30.5 Å². The third-order valence-corrected chi connectivity index (χ3v) is 3.48. The number of rotatable bonds is 5. The maximum atomic E-state index is 12.3. The van der Waals surface area contributed by atoms with Gasteiger partial charge in [-0.2, -0.15) is 0 Å². The molecule has 2 rings (SSSR count). The van der Waals surface area contributed by atoms with Crippen LogP contribution in [-0.4, -0.2) is 29.0 Å². The summed E-state index contributed by atoms with van der Waals surface area (Å²) in [6.45, 7) is 5.55. The highest BCUT2D eigenvalue weighted by Crippen LogP contribution is 2.22. The van der Waals surface area contributed by atoms with Crippen molar-refractivity contribution >= 4 is 40.7 Å². The lowest BCUT2D eigenvalue weighted by atomic mass is 10.3. The molecule has 0 saturated carbocycles. The number of aromatic nitrogens is 2. The highest BCUT2D eigenvalue weighted by atomic mass is 35.5. The molecule has 1 aromatic carbocycles. The van der Waals surface area contributed by atoms with Gasteiger partial charge in [-0.1, -0.05) is 23.2 Å². The van der Waals surface area contributed by atoms with Gasteiger partial charge in [-0.25, -0.2) is 9.97 Å². The number of anilines is 2. The average molecular weight is 339 g/mol. The Kier molecular flexibility index (Phi) is 5.57. The van der Waals surface area contributed by atoms with Crippen molar-refractivity contribution in [2.24, 2.45) is 0 Å². The van der Waals surface area contributed by atoms with Crippen molar-refractivity contribution in [1.82, 2.24) is 9.97 Å². The topological polar surface area (TPSA) is 58.1 Å². The zero-order valence-electron chi connectivity index (χ0n) is 12.3. The van der Waals surface area contributed by atoms with E-state index in [9.17, 15) is 4.79 Å². The Hall–Kier alpha value is -1.85. The molecule has 7 heteroatoms. The van der Waals surface area contributed by atoms with Gasteiger partial charge < -0.3 is 10.2 Å². The fraction of sp³-hybridized carbons (Fsp3) is 0.267. The van der Waals surface area contributed by atoms with Crippen LogP contribution in [0.2, 0.25) is 10.0 Å². The number of amides is 1. The van der Waals surface area contributed by atoms with E-state index in [4.69, 9.17) is 23.2 Å². The lowest BCUT2D eigenvalue weighted by Gasteiger charge is -2.18. The Morgan fingerprint density at radius 2 is 1.82 bits per heavy atom. The van der Waals surface area contributed by atoms with Crippen molar-refractivity contribution in [1.29, 1.82) is 0 Å². The van der Waals surface area contributed by atoms with Gasteiger partial charge in [0.15, 0.2) is 0 Å². The number of nitrogens with one attached hydrogen (secondary N) is 1. The zero-order chi connectivity index (χ0) is 16.1. The molecular formula is C15H16Cl2N4O. The fourth-order valence-electron chi connectivity index (χ4n) is 1.95. The molecule has 1 aromatic heterocycles. The SMILES string of the molecule is CCN(CC)c1nccc(C(=O)Nc2cc(Cl)cc(Cl)c2)n1. The number of hydrogen-bond donors (Lipinski definition) is 1. The van der Waals surface area contributed by atoms with E-state index < -0.39 is 0 Å². The molecule has 5 nitrogen and oxygen atoms in total. The molecule has 0 radical (unpaired) electrons. The number of hydrogen-bond acceptors (Lipinski definition) is 4. The van der Waals surface area contributed by atoms with Crippen LogP contribution in [-0.2, 0) is 0 Å². The highest BCUT2D eigenvalue weighted by molar-refractivity contribution is 6.35. The van der Waals surface area contributed by atoms with Gasteiger partial charge in [0.1, 0.15) is 5.69 Å². The fourth-order valence-corrected chi connectivity index (χ4v) is 2.48. The lowest BCUT2D eigenvalue weighted by molar-refractivity contribution is 0.102. The van der Waals surface area contributed by atoms with Crippen LogP contribution in [0.25, 0.3) is 0 Å². The first-order valence-corrected chi connectivity index (χ1v) is 7.64. The molecular weight excluding hydrogens is 323 g/mol. The van der Waals surface area contributed by atoms with Crippen molar-refractivity contribution < 1.29 is 4.79 Å². The Labute approximate surface area is 139 Å². The van der Waals surface area contributed by atoms with E-state index >= 15 is 0 Å². The van der Waals surface area contributed by atoms with Gasteiger partial charge in [0.25, 0.3) is 5.91 Å². The monoisotopic (exact) mass is 338 g/mol. The van der Waals surface area contributed by atoms with Crippen molar-refractivity contribution in [2.75, 3.05) is 23.3 Å². The molecule has 0 unspecified atom stereocenters. The van der Waals surface area contributed by atoms with Crippen LogP contribution in [0.5, 0.6) is 0 Å². The predicted octanol–water partition coefficient (Wildman–Crippen LogP) is 3.88. The van der Waals surface area contributed by atoms with E-state index in [0.29, 0.717) is 21.7 Å². The first-order chi connectivity index (χ1) is 10.5. The minimum absolute atomic E-state index is 0.285. The maximum absolute atomic E-state index is 12.3. The lowest BCUT2D eigenvalue weighted by Crippen LogP contribution is -2.25. The molecule has 22 heavy (non-hydrogen) atoms. The van der Waals surface area contributed by atoms with Gasteiger partial charge in [-0.15, -0.1) is 0 Å². The smallest absolute Gasteiger partial charge is 0.274 e. The summed E-state index contributed by atoms with van der Waals surface area (Å²) in [6, 6.07) is 6.41. The molecule has 0 aliphatic heterocycles. The minimum Gasteiger partial charge on any atom is -0.341 e. The standard InChI is InChI=1S/C15H16Cl2N4O/c1-3-21(4-2)15-18-6-5-13(20-15)14(22)19-12-8-10(16)7-11(17)9-12/h5-9H,3-4H2,1-2H3,(H,19,22). The number of carbonyl (C=O) groups is 1. The largest absolute Gasteiger partial charge is 0.341 e. The third kappa shape index (κ3) is 4.08. The van der Waals surface area contributed by atoms with Crippen LogP contribution in [0.4, 0.5) is 11.6 Å². The quantitative estimate of drug-likeness (QED) is 0.898. The summed E-state index contributed by atoms with van der Waals surface area (Å²) in [5.74, 6) is 0.191. The number of halogens is 2. The van der Waals surface area contributed by atoms with Crippen LogP contribution in [0.3, 0.4) is 0 Å². The van der Waals surface area contributed by atoms with Crippen molar-refractivity contribution in [2.45, 2.75) is 13.8 Å². The summed E-state index contributed by atoms with van der Waals surface area (Å²) in [7, 11) is 0. The maximum Gasteiger partial charge on any atom is 0.274 e. The minimum atomic E-state index is -0.339. The molecule has 2 aromatic rings. The molecule has 0 atom stereocenters. The predicted molar refractivity (Wildman–Crippen MR) is 90.0 cm³/mol. The summed E-state index contributed by atoms with van der Waals surface area (Å²) >= 11 is 11.8. The highest BCUT2D eigenvalue weighted by Gasteiger charge is 2.12. The van der Waals surface area contributed by atoms with Crippen LogP contribution < -0.4 is 10.2 Å². The number of benzene rings is 1. The van der Waals surface area contributed by atoms with Crippen molar-refractivity contribution in [3.63, 3.8) is 0 Å². The van der Waals surface area contributed by atoms with Gasteiger partial charge in [0.2, 0.25) is 5.95 Å². The van der Waals surface area contributed by atoms with Crippen molar-refractivity contribution in [3.8, 4) is 0 Å². The molecule has 116 valence electrons. The Bertz CT molecular complexity index is 654. The summed E-state index contributed by atoms with van der Waals surface area (Å²) in [4.78, 5) is 22.7. The second kappa shape index (κ2) is 7.42. The Morgan fingerprint density at radius 3 is 2.41 bits per heavy atom. The van der Waals surface area contributed by atoms with E-state index in [0.717, 1.165) is 13.1 Å². The van der Waals surface area contributed by atoms with E-state index in [1.54, 1.807) is 30.5 Å². The summed E-state index contributed by atoms with van der Waals surface area (Å²) < 4.78 is 0. The van der Waals surface area contributed by atoms with E-state index in [1.165, 1.54) is 0 Å². The van der Waals surface area contributed by atoms with Gasteiger partial charge in [-0.05, 0) is 38.1 Å². The summed E-state index contributed by atoms with van der Waals surface area (Å²) in [5, 5.41) is 3.63. The Morgan fingerprint density at radius 1 is 1.18 bits per heavy atom. The molecule has 0 aliphatic rings. The van der Waals surface area contributed by atoms with Gasteiger partial charge in [0, 0.05) is 35.0 Å². The second-order valence-corrected chi connectivity index (χ2v) is 5.40. The second-order valence-electron chi connectivity index (χ2n) is 4.53. The first kappa shape index (κ1) is 16.5. The molecule has 0 spiro atoms. The van der Waals surface area contributed by atoms with Crippen LogP contribution in [0, 0.1) is 0 Å². The molecule has 0 saturated heterocycles. The van der Waals surface area contributed by atoms with E-state index in [-0.39, 0.29) is 11.6 Å². The number of nitrogens with zero attached hydrogens (tertiary/aromatic N) is 3. The molecule has 1 amide bonds. The summed E-state index contributed by atoms with van der Waals surface area (Å²) in [5.41, 5.74) is 0.804. The molecule has 1 N–H and O–H groups in total. The number of carbonyl (C=O) groups excluding carboxylic acids is 1. The first-order valence-electron chi connectivity index (χ1n) is 6.89. The van der Waals surface area contributed by atoms with Crippen LogP contribution in [0.1, 0.15) is 24.3 Å². The molecule has 0 aliphatic carbocycles. The third-order valence-electron chi connectivity index (χ3n) is 3.04. The molecule has 0 bridgehead atoms. The average Bonchev–Trinajstić information content (AvgIpc) is 2.47. The molecule has 0 fully saturated rings. The Balaban J connectivity index is 2.20. The van der Waals surface area contributed by atoms with Crippen molar-refractivity contribution in [3.05, 3.63) is 46.2 Å². The zero-order valence-corrected chi connectivity index (χ0v) is 13.8. The normalized spacial score (nSPS) is 10.4. The van der Waals surface area contributed by atoms with E-state index in [1.807, 2.05) is 18.7 Å². The summed E-state index contributed by atoms with van der Waals surface area (Å²) in [6.07, 6.45) is 1.57. The molecule has 1 heterocycles. The van der Waals surface area contributed by atoms with Gasteiger partial charge in [0.05, 0.1) is 0 Å². The van der Waals surface area contributed by atoms with E-state index in [2.05, 4.69) is 15.3 Å². The van der Waals surface area contributed by atoms with Crippen LogP contribution >= 0.6 is 23.2 Å². The van der Waals surface area contributed by atoms with Gasteiger partial charge >= 0.3 is 0 Å².